The first-order valence-corrected chi connectivity index (χ1v) is 9.77. The number of methoxy groups -OCH3 is 1. The molecule has 3 aliphatic carbocycles. The quantitative estimate of drug-likeness (QED) is 0.606. The van der Waals surface area contributed by atoms with Crippen LogP contribution in [0, 0.1) is 5.41 Å². The molecule has 0 radical (unpaired) electrons. The average Bonchev–Trinajstić information content (AvgIpc) is 3.13. The predicted molar refractivity (Wildman–Crippen MR) is 109 cm³/mol. The number of allylic oxidation sites excluding steroid dienone is 1. The highest BCUT2D eigenvalue weighted by molar-refractivity contribution is 6.01. The van der Waals surface area contributed by atoms with Crippen LogP contribution in [0.25, 0.3) is 5.57 Å². The van der Waals surface area contributed by atoms with Crippen molar-refractivity contribution in [2.45, 2.75) is 17.3 Å². The fourth-order valence-electron chi connectivity index (χ4n) is 6.32. The van der Waals surface area contributed by atoms with Gasteiger partial charge >= 0.3 is 5.97 Å². The number of rotatable bonds is 3. The number of hydrogen-bond donors (Lipinski definition) is 0. The first-order valence-electron chi connectivity index (χ1n) is 9.77. The molecule has 28 heavy (non-hydrogen) atoms. The lowest BCUT2D eigenvalue weighted by molar-refractivity contribution is -0.146. The van der Waals surface area contributed by atoms with Gasteiger partial charge in [-0.2, -0.15) is 0 Å². The molecule has 0 N–H and O–H groups in total. The minimum Gasteiger partial charge on any atom is -0.468 e. The minimum atomic E-state index is -0.618. The number of benzene rings is 3. The summed E-state index contributed by atoms with van der Waals surface area (Å²) >= 11 is 0. The molecule has 0 heterocycles. The molecule has 0 saturated heterocycles. The van der Waals surface area contributed by atoms with Gasteiger partial charge in [-0.1, -0.05) is 91.0 Å². The number of ether oxygens (including phenoxy) is 1. The zero-order valence-electron chi connectivity index (χ0n) is 15.6. The van der Waals surface area contributed by atoms with Crippen molar-refractivity contribution in [2.75, 3.05) is 7.11 Å². The fraction of sp³-hybridized carbons (Fsp3) is 0.192. The molecular formula is C26H20O2. The zero-order chi connectivity index (χ0) is 18.9. The summed E-state index contributed by atoms with van der Waals surface area (Å²) in [6.07, 6.45) is 2.23. The maximum atomic E-state index is 13.3. The van der Waals surface area contributed by atoms with Gasteiger partial charge < -0.3 is 4.74 Å². The Morgan fingerprint density at radius 3 is 2.11 bits per heavy atom. The summed E-state index contributed by atoms with van der Waals surface area (Å²) in [6, 6.07) is 29.7. The van der Waals surface area contributed by atoms with Gasteiger partial charge in [0.05, 0.1) is 7.11 Å². The summed E-state index contributed by atoms with van der Waals surface area (Å²) < 4.78 is 5.39. The molecule has 3 aromatic carbocycles. The van der Waals surface area contributed by atoms with Gasteiger partial charge in [0.25, 0.3) is 0 Å². The Bertz CT molecular complexity index is 1130. The van der Waals surface area contributed by atoms with Crippen LogP contribution in [0.4, 0.5) is 0 Å². The molecule has 0 aromatic heterocycles. The van der Waals surface area contributed by atoms with Crippen molar-refractivity contribution in [2.24, 2.45) is 5.41 Å². The Balaban J connectivity index is 1.68. The zero-order valence-corrected chi connectivity index (χ0v) is 15.6. The third-order valence-electron chi connectivity index (χ3n) is 7.16. The fourth-order valence-corrected chi connectivity index (χ4v) is 6.32. The van der Waals surface area contributed by atoms with E-state index in [0.29, 0.717) is 0 Å². The lowest BCUT2D eigenvalue weighted by Crippen LogP contribution is -2.27. The number of hydrogen-bond acceptors (Lipinski definition) is 2. The molecule has 4 unspecified atom stereocenters. The third kappa shape index (κ3) is 1.56. The van der Waals surface area contributed by atoms with E-state index >= 15 is 0 Å². The third-order valence-corrected chi connectivity index (χ3v) is 7.16. The van der Waals surface area contributed by atoms with Gasteiger partial charge in [0.1, 0.15) is 5.41 Å². The van der Waals surface area contributed by atoms with Crippen LogP contribution in [0.2, 0.25) is 0 Å². The van der Waals surface area contributed by atoms with Gasteiger partial charge in [-0.15, -0.1) is 0 Å². The molecule has 0 amide bonds. The van der Waals surface area contributed by atoms with Crippen molar-refractivity contribution < 1.29 is 9.53 Å². The Labute approximate surface area is 164 Å². The summed E-state index contributed by atoms with van der Waals surface area (Å²) in [5, 5.41) is 0. The highest BCUT2D eigenvalue weighted by Crippen LogP contribution is 2.89. The van der Waals surface area contributed by atoms with E-state index in [4.69, 9.17) is 4.74 Å². The van der Waals surface area contributed by atoms with E-state index in [0.717, 1.165) is 0 Å². The highest BCUT2D eigenvalue weighted by Gasteiger charge is 2.89. The van der Waals surface area contributed by atoms with E-state index in [2.05, 4.69) is 78.9 Å². The molecule has 1 saturated carbocycles. The van der Waals surface area contributed by atoms with Crippen molar-refractivity contribution >= 4 is 11.5 Å². The van der Waals surface area contributed by atoms with Crippen LogP contribution in [-0.2, 0) is 14.9 Å². The van der Waals surface area contributed by atoms with Crippen LogP contribution < -0.4 is 0 Å². The number of esters is 1. The number of fused-ring (bicyclic) bond motifs is 4. The summed E-state index contributed by atoms with van der Waals surface area (Å²) in [7, 11) is 1.51. The van der Waals surface area contributed by atoms with Gasteiger partial charge in [0.15, 0.2) is 0 Å². The summed E-state index contributed by atoms with van der Waals surface area (Å²) in [5.41, 5.74) is 5.41. The smallest absolute Gasteiger partial charge is 0.317 e. The van der Waals surface area contributed by atoms with Crippen molar-refractivity contribution in [3.8, 4) is 0 Å². The van der Waals surface area contributed by atoms with Crippen molar-refractivity contribution in [1.82, 2.24) is 0 Å². The van der Waals surface area contributed by atoms with Crippen molar-refractivity contribution in [1.29, 1.82) is 0 Å². The molecule has 136 valence electrons. The summed E-state index contributed by atoms with van der Waals surface area (Å²) in [5.74, 6) is 0.188. The average molecular weight is 364 g/mol. The molecule has 2 heteroatoms. The van der Waals surface area contributed by atoms with Crippen molar-refractivity contribution in [3.63, 3.8) is 0 Å². The van der Waals surface area contributed by atoms with Crippen LogP contribution in [0.5, 0.6) is 0 Å². The molecular weight excluding hydrogens is 344 g/mol. The Morgan fingerprint density at radius 2 is 1.43 bits per heavy atom. The van der Waals surface area contributed by atoms with Crippen LogP contribution in [0.15, 0.2) is 91.0 Å². The molecule has 0 bridgehead atoms. The molecule has 6 rings (SSSR count). The van der Waals surface area contributed by atoms with Crippen molar-refractivity contribution in [3.05, 3.63) is 113 Å². The van der Waals surface area contributed by atoms with E-state index in [1.807, 2.05) is 12.1 Å². The van der Waals surface area contributed by atoms with E-state index in [-0.39, 0.29) is 23.2 Å². The monoisotopic (exact) mass is 364 g/mol. The molecule has 0 aliphatic heterocycles. The summed E-state index contributed by atoms with van der Waals surface area (Å²) in [6.45, 7) is 0. The highest BCUT2D eigenvalue weighted by atomic mass is 16.5. The normalized spacial score (nSPS) is 31.0. The van der Waals surface area contributed by atoms with Crippen LogP contribution >= 0.6 is 0 Å². The van der Waals surface area contributed by atoms with Gasteiger partial charge in [0.2, 0.25) is 0 Å². The predicted octanol–water partition coefficient (Wildman–Crippen LogP) is 5.08. The molecule has 4 atom stereocenters. The maximum absolute atomic E-state index is 13.3. The molecule has 0 spiro atoms. The lowest BCUT2D eigenvalue weighted by atomic mass is 9.76. The van der Waals surface area contributed by atoms with Gasteiger partial charge in [-0.05, 0) is 27.8 Å². The van der Waals surface area contributed by atoms with E-state index in [9.17, 15) is 4.79 Å². The largest absolute Gasteiger partial charge is 0.468 e. The topological polar surface area (TPSA) is 26.3 Å². The minimum absolute atomic E-state index is 0.119. The van der Waals surface area contributed by atoms with Crippen LogP contribution in [-0.4, -0.2) is 13.1 Å². The van der Waals surface area contributed by atoms with Crippen LogP contribution in [0.1, 0.15) is 34.1 Å². The lowest BCUT2D eigenvalue weighted by Gasteiger charge is -2.26. The van der Waals surface area contributed by atoms with Gasteiger partial charge in [-0.25, -0.2) is 0 Å². The second kappa shape index (κ2) is 5.23. The second-order valence-corrected chi connectivity index (χ2v) is 8.06. The van der Waals surface area contributed by atoms with E-state index < -0.39 is 5.41 Å². The van der Waals surface area contributed by atoms with Gasteiger partial charge in [0, 0.05) is 17.3 Å². The summed E-state index contributed by atoms with van der Waals surface area (Å²) in [4.78, 5) is 13.3. The Kier molecular flexibility index (Phi) is 2.97. The SMILES string of the molecule is COC(=O)C12C=C(c3ccccc3)C3c4ccccc4C1C32c1ccccc1. The maximum Gasteiger partial charge on any atom is 0.317 e. The molecule has 3 aliphatic rings. The Hall–Kier alpha value is -3.13. The van der Waals surface area contributed by atoms with Crippen LogP contribution in [0.3, 0.4) is 0 Å². The first kappa shape index (κ1) is 15.9. The van der Waals surface area contributed by atoms with Gasteiger partial charge in [-0.3, -0.25) is 4.79 Å². The van der Waals surface area contributed by atoms with E-state index in [1.54, 1.807) is 0 Å². The second-order valence-electron chi connectivity index (χ2n) is 8.06. The number of carbonyl (C=O) groups excluding carboxylic acids is 1. The molecule has 2 nitrogen and oxygen atoms in total. The standard InChI is InChI=1S/C26H20O2/c1-28-24(27)25-16-21(17-10-4-2-5-11-17)22-19-14-8-9-15-20(19)23(25)26(22,25)18-12-6-3-7-13-18/h2-16,22-23H,1H3. The van der Waals surface area contributed by atoms with E-state index in [1.165, 1.54) is 34.9 Å². The molecule has 3 aromatic rings. The molecule has 1 fully saturated rings. The number of carbonyl (C=O) groups is 1. The Morgan fingerprint density at radius 1 is 0.821 bits per heavy atom. The first-order chi connectivity index (χ1) is 13.8.